The van der Waals surface area contributed by atoms with Crippen molar-refractivity contribution in [3.05, 3.63) is 24.2 Å². The lowest BCUT2D eigenvalue weighted by molar-refractivity contribution is -0.175. The molecule has 2 heterocycles. The minimum Gasteiger partial charge on any atom is -0.472 e. The van der Waals surface area contributed by atoms with Crippen LogP contribution in [0.3, 0.4) is 0 Å². The Hall–Kier alpha value is -1.33. The van der Waals surface area contributed by atoms with E-state index in [9.17, 15) is 4.79 Å². The largest absolute Gasteiger partial charge is 0.472 e. The lowest BCUT2D eigenvalue weighted by Gasteiger charge is -2.62. The summed E-state index contributed by atoms with van der Waals surface area (Å²) in [6, 6.07) is 2.89. The van der Waals surface area contributed by atoms with E-state index in [1.54, 1.807) is 12.3 Å². The quantitative estimate of drug-likeness (QED) is 0.901. The molecule has 3 aliphatic rings. The number of amides is 1. The molecule has 0 radical (unpaired) electrons. The third-order valence-electron chi connectivity index (χ3n) is 6.42. The number of carbonyl (C=O) groups is 1. The van der Waals surface area contributed by atoms with Gasteiger partial charge in [-0.15, -0.1) is 0 Å². The van der Waals surface area contributed by atoms with Crippen molar-refractivity contribution in [2.24, 2.45) is 5.41 Å². The fourth-order valence-corrected chi connectivity index (χ4v) is 4.77. The van der Waals surface area contributed by atoms with Gasteiger partial charge in [-0.1, -0.05) is 6.42 Å². The van der Waals surface area contributed by atoms with Crippen molar-refractivity contribution in [1.29, 1.82) is 0 Å². The molecule has 0 aromatic carbocycles. The first-order valence-electron chi connectivity index (χ1n) is 9.42. The van der Waals surface area contributed by atoms with Gasteiger partial charge in [0.2, 0.25) is 0 Å². The van der Waals surface area contributed by atoms with Crippen LogP contribution in [0.1, 0.15) is 55.8 Å². The monoisotopic (exact) mass is 332 g/mol. The summed E-state index contributed by atoms with van der Waals surface area (Å²) in [6.07, 6.45) is 10.8. The van der Waals surface area contributed by atoms with E-state index in [1.165, 1.54) is 25.5 Å². The third-order valence-corrected chi connectivity index (χ3v) is 6.42. The van der Waals surface area contributed by atoms with Crippen molar-refractivity contribution in [2.75, 3.05) is 19.7 Å². The normalized spacial score (nSPS) is 29.3. The van der Waals surface area contributed by atoms with Gasteiger partial charge in [0.25, 0.3) is 5.91 Å². The maximum Gasteiger partial charge on any atom is 0.257 e. The molecule has 132 valence electrons. The van der Waals surface area contributed by atoms with Crippen LogP contribution < -0.4 is 5.32 Å². The SMILES string of the molecule is CCO[C@@H]1C[C@@H](NC2CCN(C(=O)c3ccoc3)CC2)C12CCC2. The van der Waals surface area contributed by atoms with Crippen LogP contribution >= 0.6 is 0 Å². The molecule has 24 heavy (non-hydrogen) atoms. The third kappa shape index (κ3) is 2.68. The first-order valence-corrected chi connectivity index (χ1v) is 9.42. The Morgan fingerprint density at radius 3 is 2.79 bits per heavy atom. The number of hydrogen-bond donors (Lipinski definition) is 1. The summed E-state index contributed by atoms with van der Waals surface area (Å²) in [5.41, 5.74) is 1.08. The molecule has 5 nitrogen and oxygen atoms in total. The van der Waals surface area contributed by atoms with Gasteiger partial charge in [0.15, 0.2) is 0 Å². The Morgan fingerprint density at radius 2 is 2.21 bits per heavy atom. The van der Waals surface area contributed by atoms with Crippen molar-refractivity contribution in [1.82, 2.24) is 10.2 Å². The molecule has 1 aliphatic heterocycles. The van der Waals surface area contributed by atoms with Gasteiger partial charge < -0.3 is 19.4 Å². The number of piperidine rings is 1. The maximum atomic E-state index is 12.4. The van der Waals surface area contributed by atoms with E-state index >= 15 is 0 Å². The highest BCUT2D eigenvalue weighted by Crippen LogP contribution is 2.57. The molecular weight excluding hydrogens is 304 g/mol. The van der Waals surface area contributed by atoms with E-state index in [4.69, 9.17) is 9.15 Å². The van der Waals surface area contributed by atoms with Crippen LogP contribution in [-0.4, -0.2) is 48.7 Å². The molecule has 1 spiro atoms. The first kappa shape index (κ1) is 16.2. The summed E-state index contributed by atoms with van der Waals surface area (Å²) < 4.78 is 11.0. The summed E-state index contributed by atoms with van der Waals surface area (Å²) in [7, 11) is 0. The van der Waals surface area contributed by atoms with Gasteiger partial charge in [-0.3, -0.25) is 4.79 Å². The fraction of sp³-hybridized carbons (Fsp3) is 0.737. The van der Waals surface area contributed by atoms with Crippen LogP contribution in [0.2, 0.25) is 0 Å². The van der Waals surface area contributed by atoms with Crippen LogP contribution in [0.5, 0.6) is 0 Å². The minimum absolute atomic E-state index is 0.0951. The first-order chi connectivity index (χ1) is 11.7. The standard InChI is InChI=1S/C19H28N2O3/c1-2-24-17-12-16(19(17)7-3-8-19)20-15-4-9-21(10-5-15)18(22)14-6-11-23-13-14/h6,11,13,15-17,20H,2-5,7-10,12H2,1H3/t16-,17-/m1/s1. The molecule has 2 atom stereocenters. The number of likely N-dealkylation sites (tertiary alicyclic amines) is 1. The van der Waals surface area contributed by atoms with E-state index < -0.39 is 0 Å². The Bertz CT molecular complexity index is 559. The van der Waals surface area contributed by atoms with Gasteiger partial charge >= 0.3 is 0 Å². The van der Waals surface area contributed by atoms with Crippen molar-refractivity contribution < 1.29 is 13.9 Å². The van der Waals surface area contributed by atoms with Gasteiger partial charge in [-0.25, -0.2) is 0 Å². The Kier molecular flexibility index (Phi) is 4.39. The maximum absolute atomic E-state index is 12.4. The zero-order valence-electron chi connectivity index (χ0n) is 14.5. The van der Waals surface area contributed by atoms with E-state index in [0.717, 1.165) is 39.0 Å². The van der Waals surface area contributed by atoms with Gasteiger partial charge in [-0.2, -0.15) is 0 Å². The highest BCUT2D eigenvalue weighted by molar-refractivity contribution is 5.93. The van der Waals surface area contributed by atoms with Gasteiger partial charge in [-0.05, 0) is 45.1 Å². The number of ether oxygens (including phenoxy) is 1. The van der Waals surface area contributed by atoms with Crippen LogP contribution in [0.15, 0.2) is 23.0 Å². The second kappa shape index (κ2) is 6.52. The summed E-state index contributed by atoms with van der Waals surface area (Å²) in [5.74, 6) is 0.0951. The molecule has 5 heteroatoms. The summed E-state index contributed by atoms with van der Waals surface area (Å²) in [6.45, 7) is 4.58. The molecule has 1 aromatic heterocycles. The molecule has 0 unspecified atom stereocenters. The fourth-order valence-electron chi connectivity index (χ4n) is 4.77. The van der Waals surface area contributed by atoms with E-state index in [1.807, 2.05) is 4.90 Å². The van der Waals surface area contributed by atoms with E-state index in [0.29, 0.717) is 29.2 Å². The number of nitrogens with zero attached hydrogens (tertiary/aromatic N) is 1. The average Bonchev–Trinajstić information content (AvgIpc) is 3.06. The second-order valence-electron chi connectivity index (χ2n) is 7.56. The van der Waals surface area contributed by atoms with E-state index in [2.05, 4.69) is 12.2 Å². The smallest absolute Gasteiger partial charge is 0.257 e. The number of furan rings is 1. The molecule has 2 aliphatic carbocycles. The highest BCUT2D eigenvalue weighted by Gasteiger charge is 2.59. The molecule has 2 saturated carbocycles. The summed E-state index contributed by atoms with van der Waals surface area (Å²) >= 11 is 0. The lowest BCUT2D eigenvalue weighted by atomic mass is 9.51. The highest BCUT2D eigenvalue weighted by atomic mass is 16.5. The number of rotatable bonds is 5. The number of carbonyl (C=O) groups excluding carboxylic acids is 1. The summed E-state index contributed by atoms with van der Waals surface area (Å²) in [5, 5.41) is 3.89. The molecule has 1 N–H and O–H groups in total. The average molecular weight is 332 g/mol. The molecular formula is C19H28N2O3. The van der Waals surface area contributed by atoms with Crippen LogP contribution in [0, 0.1) is 5.41 Å². The lowest BCUT2D eigenvalue weighted by Crippen LogP contribution is -2.68. The Labute approximate surface area is 143 Å². The van der Waals surface area contributed by atoms with Crippen molar-refractivity contribution >= 4 is 5.91 Å². The second-order valence-corrected chi connectivity index (χ2v) is 7.56. The number of hydrogen-bond acceptors (Lipinski definition) is 4. The van der Waals surface area contributed by atoms with E-state index in [-0.39, 0.29) is 5.91 Å². The predicted octanol–water partition coefficient (Wildman–Crippen LogP) is 2.82. The van der Waals surface area contributed by atoms with Gasteiger partial charge in [0.05, 0.1) is 17.9 Å². The van der Waals surface area contributed by atoms with Crippen molar-refractivity contribution in [3.8, 4) is 0 Å². The Morgan fingerprint density at radius 1 is 1.42 bits per heavy atom. The molecule has 4 rings (SSSR count). The van der Waals surface area contributed by atoms with Gasteiger partial charge in [0, 0.05) is 37.2 Å². The predicted molar refractivity (Wildman–Crippen MR) is 90.9 cm³/mol. The molecule has 1 saturated heterocycles. The molecule has 0 bridgehead atoms. The van der Waals surface area contributed by atoms with Crippen LogP contribution in [0.25, 0.3) is 0 Å². The van der Waals surface area contributed by atoms with Crippen molar-refractivity contribution in [2.45, 2.75) is 63.6 Å². The van der Waals surface area contributed by atoms with Crippen LogP contribution in [-0.2, 0) is 4.74 Å². The zero-order chi connectivity index (χ0) is 16.6. The zero-order valence-corrected chi connectivity index (χ0v) is 14.5. The minimum atomic E-state index is 0.0951. The van der Waals surface area contributed by atoms with Gasteiger partial charge in [0.1, 0.15) is 6.26 Å². The van der Waals surface area contributed by atoms with Crippen molar-refractivity contribution in [3.63, 3.8) is 0 Å². The topological polar surface area (TPSA) is 54.7 Å². The summed E-state index contributed by atoms with van der Waals surface area (Å²) in [4.78, 5) is 14.3. The Balaban J connectivity index is 1.27. The molecule has 3 fully saturated rings. The molecule has 1 amide bonds. The number of nitrogens with one attached hydrogen (secondary N) is 1. The van der Waals surface area contributed by atoms with Crippen LogP contribution in [0.4, 0.5) is 0 Å². The molecule has 1 aromatic rings.